The van der Waals surface area contributed by atoms with Gasteiger partial charge in [-0.1, -0.05) is 0 Å². The van der Waals surface area contributed by atoms with Crippen molar-refractivity contribution in [3.63, 3.8) is 0 Å². The number of fused-ring (bicyclic) bond motifs is 1. The van der Waals surface area contributed by atoms with Crippen LogP contribution >= 0.6 is 0 Å². The number of hydrogen-bond donors (Lipinski definition) is 1. The third kappa shape index (κ3) is 2.28. The molecule has 8 nitrogen and oxygen atoms in total. The lowest BCUT2D eigenvalue weighted by molar-refractivity contribution is 0.401. The number of methoxy groups -OCH3 is 1. The molecule has 2 aromatic heterocycles. The van der Waals surface area contributed by atoms with E-state index in [1.165, 1.54) is 19.7 Å². The molecule has 0 saturated carbocycles. The smallest absolute Gasteiger partial charge is 0.245 e. The summed E-state index contributed by atoms with van der Waals surface area (Å²) in [7, 11) is -1.79. The zero-order valence-electron chi connectivity index (χ0n) is 11.8. The van der Waals surface area contributed by atoms with Crippen molar-refractivity contribution in [2.24, 2.45) is 0 Å². The lowest BCUT2D eigenvalue weighted by atomic mass is 10.2. The minimum absolute atomic E-state index is 0.147. The Bertz CT molecular complexity index is 751. The molecule has 20 heavy (non-hydrogen) atoms. The van der Waals surface area contributed by atoms with Gasteiger partial charge in [0.05, 0.1) is 11.9 Å². The summed E-state index contributed by atoms with van der Waals surface area (Å²) in [6.07, 6.45) is 2.52. The van der Waals surface area contributed by atoms with Gasteiger partial charge >= 0.3 is 0 Å². The van der Waals surface area contributed by atoms with Gasteiger partial charge in [-0.05, 0) is 13.8 Å². The molecule has 0 aliphatic heterocycles. The summed E-state index contributed by atoms with van der Waals surface area (Å²) in [6.45, 7) is 3.41. The molecule has 0 amide bonds. The molecule has 0 aliphatic carbocycles. The first-order chi connectivity index (χ1) is 9.17. The Morgan fingerprint density at radius 1 is 1.40 bits per heavy atom. The second-order valence-corrected chi connectivity index (χ2v) is 7.79. The van der Waals surface area contributed by atoms with E-state index in [1.54, 1.807) is 18.4 Å². The molecule has 2 heterocycles. The van der Waals surface area contributed by atoms with Crippen molar-refractivity contribution >= 4 is 26.9 Å². The predicted octanol–water partition coefficient (Wildman–Crippen LogP) is 0.240. The van der Waals surface area contributed by atoms with Crippen molar-refractivity contribution in [2.75, 3.05) is 19.1 Å². The first kappa shape index (κ1) is 14.5. The molecule has 0 unspecified atom stereocenters. The van der Waals surface area contributed by atoms with Crippen molar-refractivity contribution in [1.29, 1.82) is 0 Å². The highest BCUT2D eigenvalue weighted by Crippen LogP contribution is 2.26. The maximum absolute atomic E-state index is 11.8. The van der Waals surface area contributed by atoms with Gasteiger partial charge in [0.2, 0.25) is 11.8 Å². The zero-order valence-corrected chi connectivity index (χ0v) is 12.6. The first-order valence-electron chi connectivity index (χ1n) is 5.87. The number of nitrogen functional groups attached to an aromatic ring is 1. The molecule has 0 fully saturated rings. The topological polar surface area (TPSA) is 113 Å². The number of hydrogen-bond acceptors (Lipinski definition) is 7. The highest BCUT2D eigenvalue weighted by atomic mass is 32.2. The van der Waals surface area contributed by atoms with Gasteiger partial charge in [0.25, 0.3) is 0 Å². The van der Waals surface area contributed by atoms with E-state index in [2.05, 4.69) is 15.0 Å². The monoisotopic (exact) mass is 299 g/mol. The molecule has 0 atom stereocenters. The number of nitrogens with zero attached hydrogens (tertiary/aromatic N) is 4. The average Bonchev–Trinajstić information content (AvgIpc) is 2.64. The Morgan fingerprint density at radius 2 is 2.05 bits per heavy atom. The number of sulfone groups is 1. The van der Waals surface area contributed by atoms with E-state index in [0.717, 1.165) is 0 Å². The second-order valence-electron chi connectivity index (χ2n) is 5.14. The number of anilines is 1. The molecule has 0 radical (unpaired) electrons. The fourth-order valence-electron chi connectivity index (χ4n) is 1.74. The van der Waals surface area contributed by atoms with Crippen molar-refractivity contribution in [1.82, 2.24) is 19.5 Å². The number of aromatic nitrogens is 4. The highest BCUT2D eigenvalue weighted by Gasteiger charge is 2.32. The minimum atomic E-state index is -3.26. The maximum atomic E-state index is 11.8. The lowest BCUT2D eigenvalue weighted by Gasteiger charge is -2.23. The lowest BCUT2D eigenvalue weighted by Crippen LogP contribution is -2.36. The van der Waals surface area contributed by atoms with Gasteiger partial charge in [-0.3, -0.25) is 4.57 Å². The molecule has 110 valence electrons. The Balaban J connectivity index is 2.59. The Hall–Kier alpha value is -1.90. The fourth-order valence-corrected chi connectivity index (χ4v) is 2.10. The van der Waals surface area contributed by atoms with Crippen LogP contribution in [0.5, 0.6) is 5.88 Å². The van der Waals surface area contributed by atoms with Crippen LogP contribution < -0.4 is 10.5 Å². The van der Waals surface area contributed by atoms with Crippen LogP contribution in [0, 0.1) is 0 Å². The third-order valence-corrected chi connectivity index (χ3v) is 5.40. The van der Waals surface area contributed by atoms with Crippen LogP contribution in [-0.4, -0.2) is 46.0 Å². The Morgan fingerprint density at radius 3 is 2.60 bits per heavy atom. The number of nitrogens with two attached hydrogens (primary N) is 1. The summed E-state index contributed by atoms with van der Waals surface area (Å²) < 4.78 is 29.3. The van der Waals surface area contributed by atoms with Crippen LogP contribution in [0.3, 0.4) is 0 Å². The van der Waals surface area contributed by atoms with Gasteiger partial charge in [-0.25, -0.2) is 18.4 Å². The molecule has 0 aliphatic rings. The van der Waals surface area contributed by atoms with Crippen LogP contribution in [0.25, 0.3) is 11.2 Å². The standard InChI is InChI=1S/C11H17N5O3S/c1-11(2,20(4,17)18)5-16-8-7(15-10(16)12)9(19-3)14-6-13-8/h6H,5H2,1-4H3,(H2,12,15). The fraction of sp³-hybridized carbons (Fsp3) is 0.545. The second kappa shape index (κ2) is 4.58. The van der Waals surface area contributed by atoms with Crippen molar-refractivity contribution in [2.45, 2.75) is 25.1 Å². The van der Waals surface area contributed by atoms with Gasteiger partial charge in [-0.15, -0.1) is 0 Å². The quantitative estimate of drug-likeness (QED) is 0.860. The Labute approximate surface area is 116 Å². The van der Waals surface area contributed by atoms with E-state index in [1.807, 2.05) is 0 Å². The summed E-state index contributed by atoms with van der Waals surface area (Å²) in [4.78, 5) is 12.2. The first-order valence-corrected chi connectivity index (χ1v) is 7.77. The summed E-state index contributed by atoms with van der Waals surface area (Å²) >= 11 is 0. The van der Waals surface area contributed by atoms with E-state index >= 15 is 0 Å². The minimum Gasteiger partial charge on any atom is -0.479 e. The molecule has 0 saturated heterocycles. The van der Waals surface area contributed by atoms with Crippen LogP contribution in [0.2, 0.25) is 0 Å². The number of rotatable bonds is 4. The molecule has 0 spiro atoms. The Kier molecular flexibility index (Phi) is 3.32. The molecule has 0 bridgehead atoms. The summed E-state index contributed by atoms with van der Waals surface area (Å²) in [5, 5.41) is 0. The molecule has 2 N–H and O–H groups in total. The summed E-state index contributed by atoms with van der Waals surface area (Å²) in [6, 6.07) is 0. The van der Waals surface area contributed by atoms with Gasteiger partial charge in [0.1, 0.15) is 6.33 Å². The van der Waals surface area contributed by atoms with Crippen molar-refractivity contribution < 1.29 is 13.2 Å². The van der Waals surface area contributed by atoms with E-state index in [-0.39, 0.29) is 12.5 Å². The number of imidazole rings is 1. The van der Waals surface area contributed by atoms with E-state index < -0.39 is 14.6 Å². The zero-order chi connectivity index (χ0) is 15.1. The van der Waals surface area contributed by atoms with Crippen LogP contribution in [0.15, 0.2) is 6.33 Å². The molecule has 0 aromatic carbocycles. The van der Waals surface area contributed by atoms with Gasteiger partial charge in [0, 0.05) is 12.8 Å². The van der Waals surface area contributed by atoms with Crippen LogP contribution in [0.1, 0.15) is 13.8 Å². The molecule has 9 heteroatoms. The van der Waals surface area contributed by atoms with Gasteiger partial charge in [0.15, 0.2) is 21.0 Å². The van der Waals surface area contributed by atoms with Crippen molar-refractivity contribution in [3.8, 4) is 5.88 Å². The maximum Gasteiger partial charge on any atom is 0.245 e. The van der Waals surface area contributed by atoms with Crippen LogP contribution in [0.4, 0.5) is 5.95 Å². The van der Waals surface area contributed by atoms with Crippen molar-refractivity contribution in [3.05, 3.63) is 6.33 Å². The largest absolute Gasteiger partial charge is 0.479 e. The van der Waals surface area contributed by atoms with Gasteiger partial charge < -0.3 is 10.5 Å². The normalized spacial score (nSPS) is 12.8. The van der Waals surface area contributed by atoms with Crippen LogP contribution in [-0.2, 0) is 16.4 Å². The molecule has 2 rings (SSSR count). The molecular formula is C11H17N5O3S. The number of ether oxygens (including phenoxy) is 1. The van der Waals surface area contributed by atoms with E-state index in [9.17, 15) is 8.42 Å². The summed E-state index contributed by atoms with van der Waals surface area (Å²) in [5.74, 6) is 0.480. The molecule has 2 aromatic rings. The van der Waals surface area contributed by atoms with E-state index in [4.69, 9.17) is 10.5 Å². The highest BCUT2D eigenvalue weighted by molar-refractivity contribution is 7.92. The van der Waals surface area contributed by atoms with E-state index in [0.29, 0.717) is 17.0 Å². The van der Waals surface area contributed by atoms with Gasteiger partial charge in [-0.2, -0.15) is 4.98 Å². The summed E-state index contributed by atoms with van der Waals surface area (Å²) in [5.41, 5.74) is 6.72. The SMILES string of the molecule is COc1ncnc2c1nc(N)n2CC(C)(C)S(C)(=O)=O. The third-order valence-electron chi connectivity index (χ3n) is 3.26. The predicted molar refractivity (Wildman–Crippen MR) is 75.2 cm³/mol. The average molecular weight is 299 g/mol. The molecular weight excluding hydrogens is 282 g/mol.